The Labute approximate surface area is 117 Å². The number of aromatic nitrogens is 4. The molecule has 0 aliphatic rings. The Hall–Kier alpha value is -1.40. The molecule has 19 heavy (non-hydrogen) atoms. The highest BCUT2D eigenvalue weighted by Gasteiger charge is 2.23. The Kier molecular flexibility index (Phi) is 4.55. The summed E-state index contributed by atoms with van der Waals surface area (Å²) in [6.45, 7) is 3.98. The molecule has 0 bridgehead atoms. The summed E-state index contributed by atoms with van der Waals surface area (Å²) < 4.78 is 1.69. The third kappa shape index (κ3) is 3.33. The monoisotopic (exact) mass is 278 g/mol. The van der Waals surface area contributed by atoms with Crippen molar-refractivity contribution in [3.8, 4) is 5.69 Å². The molecule has 0 fully saturated rings. The molecule has 1 aromatic heterocycles. The quantitative estimate of drug-likeness (QED) is 0.821. The number of tetrazole rings is 1. The molecule has 5 nitrogen and oxygen atoms in total. The lowest BCUT2D eigenvalue weighted by atomic mass is 10.0. The van der Waals surface area contributed by atoms with Crippen LogP contribution in [0.2, 0.25) is 0 Å². The Bertz CT molecular complexity index is 510. The average molecular weight is 278 g/mol. The zero-order valence-corrected chi connectivity index (χ0v) is 12.0. The number of thioether (sulfide) groups is 1. The second kappa shape index (κ2) is 6.16. The van der Waals surface area contributed by atoms with Crippen LogP contribution in [0, 0.1) is 0 Å². The fraction of sp³-hybridized carbons (Fsp3) is 0.462. The zero-order valence-electron chi connectivity index (χ0n) is 11.2. The van der Waals surface area contributed by atoms with Crippen LogP contribution in [0.4, 0.5) is 0 Å². The van der Waals surface area contributed by atoms with Gasteiger partial charge in [-0.05, 0) is 35.4 Å². The molecule has 0 unspecified atom stereocenters. The summed E-state index contributed by atoms with van der Waals surface area (Å²) >= 11 is 1.48. The van der Waals surface area contributed by atoms with Crippen molar-refractivity contribution < 1.29 is 5.11 Å². The Morgan fingerprint density at radius 3 is 2.53 bits per heavy atom. The van der Waals surface area contributed by atoms with Gasteiger partial charge >= 0.3 is 0 Å². The van der Waals surface area contributed by atoms with E-state index in [0.29, 0.717) is 10.9 Å². The molecule has 0 aliphatic heterocycles. The fourth-order valence-electron chi connectivity index (χ4n) is 1.65. The van der Waals surface area contributed by atoms with E-state index in [1.165, 1.54) is 11.8 Å². The van der Waals surface area contributed by atoms with E-state index in [2.05, 4.69) is 15.5 Å². The largest absolute Gasteiger partial charge is 0.389 e. The molecule has 2 aromatic rings. The van der Waals surface area contributed by atoms with Crippen LogP contribution >= 0.6 is 11.8 Å². The number of benzene rings is 1. The minimum atomic E-state index is -0.655. The third-order valence-corrected chi connectivity index (χ3v) is 4.42. The molecule has 1 N–H and O–H groups in total. The Morgan fingerprint density at radius 1 is 1.21 bits per heavy atom. The highest BCUT2D eigenvalue weighted by atomic mass is 32.2. The van der Waals surface area contributed by atoms with E-state index in [4.69, 9.17) is 0 Å². The summed E-state index contributed by atoms with van der Waals surface area (Å²) in [5.74, 6) is 0.590. The van der Waals surface area contributed by atoms with E-state index in [9.17, 15) is 5.11 Å². The molecule has 0 saturated carbocycles. The molecule has 0 aliphatic carbocycles. The molecular formula is C13H18N4OS. The summed E-state index contributed by atoms with van der Waals surface area (Å²) in [6, 6.07) is 9.74. The van der Waals surface area contributed by atoms with Crippen molar-refractivity contribution in [2.75, 3.05) is 5.75 Å². The fourth-order valence-corrected chi connectivity index (χ4v) is 2.82. The first kappa shape index (κ1) is 14.0. The van der Waals surface area contributed by atoms with E-state index in [1.54, 1.807) is 4.68 Å². The second-order valence-electron chi connectivity index (χ2n) is 4.43. The minimum absolute atomic E-state index is 0.590. The predicted molar refractivity (Wildman–Crippen MR) is 75.4 cm³/mol. The van der Waals surface area contributed by atoms with E-state index in [-0.39, 0.29) is 0 Å². The van der Waals surface area contributed by atoms with Gasteiger partial charge in [-0.3, -0.25) is 0 Å². The van der Waals surface area contributed by atoms with Crippen LogP contribution in [-0.2, 0) is 0 Å². The van der Waals surface area contributed by atoms with Gasteiger partial charge in [0.2, 0.25) is 5.16 Å². The van der Waals surface area contributed by atoms with Gasteiger partial charge in [-0.25, -0.2) is 0 Å². The zero-order chi connectivity index (χ0) is 13.7. The number of aliphatic hydroxyl groups is 1. The van der Waals surface area contributed by atoms with Crippen molar-refractivity contribution in [1.82, 2.24) is 20.2 Å². The van der Waals surface area contributed by atoms with Gasteiger partial charge in [0, 0.05) is 5.75 Å². The van der Waals surface area contributed by atoms with Crippen molar-refractivity contribution in [1.29, 1.82) is 0 Å². The van der Waals surface area contributed by atoms with Crippen LogP contribution in [0.3, 0.4) is 0 Å². The van der Waals surface area contributed by atoms with Crippen molar-refractivity contribution in [2.45, 2.75) is 37.4 Å². The van der Waals surface area contributed by atoms with E-state index >= 15 is 0 Å². The maximum absolute atomic E-state index is 10.3. The van der Waals surface area contributed by atoms with Crippen molar-refractivity contribution in [2.24, 2.45) is 0 Å². The highest BCUT2D eigenvalue weighted by Crippen LogP contribution is 2.26. The van der Waals surface area contributed by atoms with Gasteiger partial charge in [0.1, 0.15) is 0 Å². The molecule has 6 heteroatoms. The third-order valence-electron chi connectivity index (χ3n) is 3.23. The first-order valence-electron chi connectivity index (χ1n) is 6.37. The van der Waals surface area contributed by atoms with E-state index < -0.39 is 5.60 Å². The number of rotatable bonds is 6. The van der Waals surface area contributed by atoms with Gasteiger partial charge < -0.3 is 5.11 Å². The van der Waals surface area contributed by atoms with E-state index in [0.717, 1.165) is 18.5 Å². The molecule has 0 amide bonds. The molecular weight excluding hydrogens is 260 g/mol. The minimum Gasteiger partial charge on any atom is -0.389 e. The highest BCUT2D eigenvalue weighted by molar-refractivity contribution is 7.99. The predicted octanol–water partition coefficient (Wildman–Crippen LogP) is 2.31. The number of hydrogen-bond donors (Lipinski definition) is 1. The van der Waals surface area contributed by atoms with Crippen LogP contribution in [0.25, 0.3) is 5.69 Å². The first-order chi connectivity index (χ1) is 9.18. The van der Waals surface area contributed by atoms with Crippen LogP contribution in [-0.4, -0.2) is 36.7 Å². The molecule has 1 aromatic carbocycles. The van der Waals surface area contributed by atoms with E-state index in [1.807, 2.05) is 44.2 Å². The lowest BCUT2D eigenvalue weighted by Crippen LogP contribution is -2.29. The second-order valence-corrected chi connectivity index (χ2v) is 5.37. The molecule has 1 heterocycles. The summed E-state index contributed by atoms with van der Waals surface area (Å²) in [5.41, 5.74) is 0.268. The number of hydrogen-bond acceptors (Lipinski definition) is 5. The lowest BCUT2D eigenvalue weighted by Gasteiger charge is -2.23. The molecule has 2 rings (SSSR count). The lowest BCUT2D eigenvalue weighted by molar-refractivity contribution is 0.0571. The SMILES string of the molecule is CCC(O)(CC)CSc1nnnn1-c1ccccc1. The molecule has 0 saturated heterocycles. The average Bonchev–Trinajstić information content (AvgIpc) is 2.94. The number of nitrogens with zero attached hydrogens (tertiary/aromatic N) is 4. The summed E-state index contributed by atoms with van der Waals surface area (Å²) in [4.78, 5) is 0. The normalized spacial score (nSPS) is 11.7. The van der Waals surface area contributed by atoms with Crippen LogP contribution < -0.4 is 0 Å². The smallest absolute Gasteiger partial charge is 0.214 e. The summed E-state index contributed by atoms with van der Waals surface area (Å²) in [7, 11) is 0. The Morgan fingerprint density at radius 2 is 1.89 bits per heavy atom. The maximum Gasteiger partial charge on any atom is 0.214 e. The van der Waals surface area contributed by atoms with Crippen molar-refractivity contribution in [3.05, 3.63) is 30.3 Å². The molecule has 0 spiro atoms. The van der Waals surface area contributed by atoms with Gasteiger partial charge in [-0.15, -0.1) is 5.10 Å². The number of para-hydroxylation sites is 1. The van der Waals surface area contributed by atoms with Crippen LogP contribution in [0.1, 0.15) is 26.7 Å². The van der Waals surface area contributed by atoms with Crippen molar-refractivity contribution >= 4 is 11.8 Å². The first-order valence-corrected chi connectivity index (χ1v) is 7.36. The van der Waals surface area contributed by atoms with Crippen molar-refractivity contribution in [3.63, 3.8) is 0 Å². The maximum atomic E-state index is 10.3. The molecule has 0 atom stereocenters. The standard InChI is InChI=1S/C13H18N4OS/c1-3-13(18,4-2)10-19-12-14-15-16-17(12)11-8-6-5-7-9-11/h5-9,18H,3-4,10H2,1-2H3. The van der Waals surface area contributed by atoms with Crippen LogP contribution in [0.15, 0.2) is 35.5 Å². The molecule has 0 radical (unpaired) electrons. The van der Waals surface area contributed by atoms with Gasteiger partial charge in [0.25, 0.3) is 0 Å². The summed E-state index contributed by atoms with van der Waals surface area (Å²) in [6.07, 6.45) is 1.45. The van der Waals surface area contributed by atoms with Gasteiger partial charge in [-0.1, -0.05) is 43.8 Å². The van der Waals surface area contributed by atoms with Gasteiger partial charge in [0.05, 0.1) is 11.3 Å². The van der Waals surface area contributed by atoms with Crippen LogP contribution in [0.5, 0.6) is 0 Å². The van der Waals surface area contributed by atoms with Gasteiger partial charge in [-0.2, -0.15) is 4.68 Å². The topological polar surface area (TPSA) is 63.8 Å². The van der Waals surface area contributed by atoms with Gasteiger partial charge in [0.15, 0.2) is 0 Å². The molecule has 102 valence electrons. The Balaban J connectivity index is 2.13. The summed E-state index contributed by atoms with van der Waals surface area (Å²) in [5, 5.41) is 22.7.